The fourth-order valence-electron chi connectivity index (χ4n) is 3.79. The molecule has 1 aliphatic rings. The minimum absolute atomic E-state index is 0.00421. The van der Waals surface area contributed by atoms with E-state index < -0.39 is 0 Å². The standard InChI is InChI=1S/C26H26N2O2S/c1-5-28-25(29)23(31-26(28)27-24-17(3)10-9-11-18(24)4)16-19-14-15-22(30-6-2)21-13-8-7-12-20(19)21/h7-16H,5-6H2,1-4H3/b23-16+,27-26?. The second-order valence-corrected chi connectivity index (χ2v) is 8.44. The van der Waals surface area contributed by atoms with Gasteiger partial charge in [0, 0.05) is 11.9 Å². The molecule has 158 valence electrons. The van der Waals surface area contributed by atoms with Gasteiger partial charge in [0.1, 0.15) is 5.75 Å². The molecule has 31 heavy (non-hydrogen) atoms. The third kappa shape index (κ3) is 4.10. The number of amides is 1. The van der Waals surface area contributed by atoms with Gasteiger partial charge in [-0.2, -0.15) is 0 Å². The van der Waals surface area contributed by atoms with Crippen molar-refractivity contribution in [3.63, 3.8) is 0 Å². The normalized spacial score (nSPS) is 16.6. The molecule has 0 aliphatic carbocycles. The van der Waals surface area contributed by atoms with Gasteiger partial charge in [0.15, 0.2) is 5.17 Å². The smallest absolute Gasteiger partial charge is 0.266 e. The first-order chi connectivity index (χ1) is 15.0. The number of hydrogen-bond acceptors (Lipinski definition) is 4. The van der Waals surface area contributed by atoms with E-state index in [1.54, 1.807) is 4.90 Å². The quantitative estimate of drug-likeness (QED) is 0.435. The number of fused-ring (bicyclic) bond motifs is 1. The number of para-hydroxylation sites is 1. The van der Waals surface area contributed by atoms with Crippen LogP contribution in [0.5, 0.6) is 5.75 Å². The number of hydrogen-bond donors (Lipinski definition) is 0. The molecule has 0 saturated carbocycles. The van der Waals surface area contributed by atoms with Crippen molar-refractivity contribution in [3.05, 3.63) is 76.2 Å². The van der Waals surface area contributed by atoms with Gasteiger partial charge in [-0.05, 0) is 73.7 Å². The van der Waals surface area contributed by atoms with Gasteiger partial charge >= 0.3 is 0 Å². The molecule has 1 amide bonds. The first-order valence-corrected chi connectivity index (χ1v) is 11.4. The van der Waals surface area contributed by atoms with E-state index >= 15 is 0 Å². The largest absolute Gasteiger partial charge is 0.493 e. The molecule has 1 aliphatic heterocycles. The molecule has 0 aromatic heterocycles. The Balaban J connectivity index is 1.77. The van der Waals surface area contributed by atoms with Crippen molar-refractivity contribution in [2.45, 2.75) is 27.7 Å². The second-order valence-electron chi connectivity index (χ2n) is 7.43. The van der Waals surface area contributed by atoms with Crippen molar-refractivity contribution in [1.82, 2.24) is 4.90 Å². The Bertz CT molecular complexity index is 1190. The summed E-state index contributed by atoms with van der Waals surface area (Å²) in [5.74, 6) is 0.855. The minimum atomic E-state index is -0.00421. The fourth-order valence-corrected chi connectivity index (χ4v) is 4.83. The first-order valence-electron chi connectivity index (χ1n) is 10.5. The maximum atomic E-state index is 13.1. The van der Waals surface area contributed by atoms with E-state index in [0.717, 1.165) is 44.1 Å². The molecular weight excluding hydrogens is 404 g/mol. The van der Waals surface area contributed by atoms with E-state index in [9.17, 15) is 4.79 Å². The van der Waals surface area contributed by atoms with Crippen LogP contribution in [0.25, 0.3) is 16.8 Å². The van der Waals surface area contributed by atoms with Crippen molar-refractivity contribution in [1.29, 1.82) is 0 Å². The first kappa shape index (κ1) is 21.2. The van der Waals surface area contributed by atoms with Gasteiger partial charge < -0.3 is 4.74 Å². The molecule has 1 saturated heterocycles. The van der Waals surface area contributed by atoms with Crippen LogP contribution in [0.4, 0.5) is 5.69 Å². The van der Waals surface area contributed by atoms with Crippen LogP contribution in [0, 0.1) is 13.8 Å². The number of thioether (sulfide) groups is 1. The Morgan fingerprint density at radius 1 is 0.968 bits per heavy atom. The van der Waals surface area contributed by atoms with Gasteiger partial charge in [0.25, 0.3) is 5.91 Å². The monoisotopic (exact) mass is 430 g/mol. The molecule has 1 fully saturated rings. The Hall–Kier alpha value is -3.05. The number of benzene rings is 3. The van der Waals surface area contributed by atoms with E-state index in [2.05, 4.69) is 12.1 Å². The molecular formula is C26H26N2O2S. The van der Waals surface area contributed by atoms with Crippen molar-refractivity contribution in [2.24, 2.45) is 4.99 Å². The van der Waals surface area contributed by atoms with E-state index in [0.29, 0.717) is 18.1 Å². The number of nitrogens with zero attached hydrogens (tertiary/aromatic N) is 2. The lowest BCUT2D eigenvalue weighted by molar-refractivity contribution is -0.122. The number of carbonyl (C=O) groups is 1. The summed E-state index contributed by atoms with van der Waals surface area (Å²) in [6, 6.07) is 18.3. The average molecular weight is 431 g/mol. The van der Waals surface area contributed by atoms with Gasteiger partial charge in [-0.1, -0.05) is 48.5 Å². The van der Waals surface area contributed by atoms with Crippen LogP contribution < -0.4 is 4.74 Å². The molecule has 0 unspecified atom stereocenters. The number of aryl methyl sites for hydroxylation is 2. The van der Waals surface area contributed by atoms with E-state index in [1.165, 1.54) is 11.8 Å². The molecule has 3 aromatic carbocycles. The van der Waals surface area contributed by atoms with Gasteiger partial charge in [0.2, 0.25) is 0 Å². The lowest BCUT2D eigenvalue weighted by Gasteiger charge is -2.13. The Morgan fingerprint density at radius 2 is 1.68 bits per heavy atom. The summed E-state index contributed by atoms with van der Waals surface area (Å²) in [6.45, 7) is 9.25. The minimum Gasteiger partial charge on any atom is -0.493 e. The molecule has 0 radical (unpaired) electrons. The zero-order chi connectivity index (χ0) is 22.0. The number of ether oxygens (including phenoxy) is 1. The number of aliphatic imine (C=N–C) groups is 1. The Kier molecular flexibility index (Phi) is 6.14. The molecule has 3 aromatic rings. The summed E-state index contributed by atoms with van der Waals surface area (Å²) in [7, 11) is 0. The molecule has 1 heterocycles. The number of likely N-dealkylation sites (N-methyl/N-ethyl adjacent to an activating group) is 1. The molecule has 4 nitrogen and oxygen atoms in total. The number of carbonyl (C=O) groups excluding carboxylic acids is 1. The highest BCUT2D eigenvalue weighted by atomic mass is 32.2. The van der Waals surface area contributed by atoms with Crippen LogP contribution in [0.3, 0.4) is 0 Å². The molecule has 0 atom stereocenters. The van der Waals surface area contributed by atoms with Crippen LogP contribution in [0.1, 0.15) is 30.5 Å². The highest BCUT2D eigenvalue weighted by Gasteiger charge is 2.32. The topological polar surface area (TPSA) is 41.9 Å². The van der Waals surface area contributed by atoms with Gasteiger partial charge in [0.05, 0.1) is 17.2 Å². The Morgan fingerprint density at radius 3 is 2.35 bits per heavy atom. The van der Waals surface area contributed by atoms with E-state index in [4.69, 9.17) is 9.73 Å². The van der Waals surface area contributed by atoms with Crippen LogP contribution >= 0.6 is 11.8 Å². The van der Waals surface area contributed by atoms with Crippen molar-refractivity contribution in [2.75, 3.05) is 13.2 Å². The zero-order valence-corrected chi connectivity index (χ0v) is 19.1. The highest BCUT2D eigenvalue weighted by Crippen LogP contribution is 2.37. The van der Waals surface area contributed by atoms with E-state index in [1.807, 2.05) is 76.2 Å². The zero-order valence-electron chi connectivity index (χ0n) is 18.3. The summed E-state index contributed by atoms with van der Waals surface area (Å²) in [6.07, 6.45) is 1.97. The number of amidine groups is 1. The number of rotatable bonds is 5. The van der Waals surface area contributed by atoms with Crippen LogP contribution in [0.2, 0.25) is 0 Å². The third-order valence-electron chi connectivity index (χ3n) is 5.36. The van der Waals surface area contributed by atoms with Crippen molar-refractivity contribution in [3.8, 4) is 5.75 Å². The predicted molar refractivity (Wildman–Crippen MR) is 131 cm³/mol. The summed E-state index contributed by atoms with van der Waals surface area (Å²) in [4.78, 5) is 20.5. The van der Waals surface area contributed by atoms with E-state index in [-0.39, 0.29) is 5.91 Å². The average Bonchev–Trinajstić information content (AvgIpc) is 3.06. The third-order valence-corrected chi connectivity index (χ3v) is 6.36. The van der Waals surface area contributed by atoms with Crippen molar-refractivity contribution >= 4 is 45.4 Å². The Labute approximate surface area is 187 Å². The summed E-state index contributed by atoms with van der Waals surface area (Å²) < 4.78 is 5.79. The van der Waals surface area contributed by atoms with Crippen LogP contribution in [0.15, 0.2) is 64.5 Å². The van der Waals surface area contributed by atoms with Crippen molar-refractivity contribution < 1.29 is 9.53 Å². The lowest BCUT2D eigenvalue weighted by atomic mass is 10.0. The lowest BCUT2D eigenvalue weighted by Crippen LogP contribution is -2.28. The molecule has 5 heteroatoms. The highest BCUT2D eigenvalue weighted by molar-refractivity contribution is 8.18. The van der Waals surface area contributed by atoms with Gasteiger partial charge in [-0.25, -0.2) is 4.99 Å². The van der Waals surface area contributed by atoms with Gasteiger partial charge in [-0.15, -0.1) is 0 Å². The fraction of sp³-hybridized carbons (Fsp3) is 0.231. The molecule has 0 spiro atoms. The summed E-state index contributed by atoms with van der Waals surface area (Å²) >= 11 is 1.44. The summed E-state index contributed by atoms with van der Waals surface area (Å²) in [5, 5.41) is 2.84. The second kappa shape index (κ2) is 8.98. The SMILES string of the molecule is CCOc1ccc(/C=C2/SC(=Nc3c(C)cccc3C)N(CC)C2=O)c2ccccc12. The summed E-state index contributed by atoms with van der Waals surface area (Å²) in [5.41, 5.74) is 4.14. The van der Waals surface area contributed by atoms with Gasteiger partial charge in [-0.3, -0.25) is 9.69 Å². The maximum absolute atomic E-state index is 13.1. The van der Waals surface area contributed by atoms with Crippen LogP contribution in [-0.2, 0) is 4.79 Å². The maximum Gasteiger partial charge on any atom is 0.266 e. The molecule has 0 bridgehead atoms. The molecule has 4 rings (SSSR count). The molecule has 0 N–H and O–H groups in total. The predicted octanol–water partition coefficient (Wildman–Crippen LogP) is 6.48. The van der Waals surface area contributed by atoms with Crippen LogP contribution in [-0.4, -0.2) is 29.1 Å².